The number of amides is 1. The molecule has 1 aromatic rings. The average Bonchev–Trinajstić information content (AvgIpc) is 3.49. The van der Waals surface area contributed by atoms with Crippen molar-refractivity contribution in [2.24, 2.45) is 4.99 Å². The minimum Gasteiger partial charge on any atom is -0.368 e. The predicted octanol–water partition coefficient (Wildman–Crippen LogP) is 2.85. The fraction of sp³-hybridized carbons (Fsp3) is 0.727. The van der Waals surface area contributed by atoms with Gasteiger partial charge in [-0.1, -0.05) is 25.3 Å². The lowest BCUT2D eigenvalue weighted by Gasteiger charge is -2.40. The Balaban J connectivity index is 1.33. The molecule has 2 aliphatic heterocycles. The summed E-state index contributed by atoms with van der Waals surface area (Å²) in [4.78, 5) is 22.9. The summed E-state index contributed by atoms with van der Waals surface area (Å²) >= 11 is 1.89. The van der Waals surface area contributed by atoms with Gasteiger partial charge in [0.2, 0.25) is 0 Å². The molecule has 1 unspecified atom stereocenters. The van der Waals surface area contributed by atoms with Gasteiger partial charge in [0.05, 0.1) is 0 Å². The molecule has 160 valence electrons. The van der Waals surface area contributed by atoms with Gasteiger partial charge in [0.1, 0.15) is 6.10 Å². The number of nitrogens with zero attached hydrogens (tertiary/aromatic N) is 3. The van der Waals surface area contributed by atoms with Crippen LogP contribution in [0.4, 0.5) is 0 Å². The highest BCUT2D eigenvalue weighted by molar-refractivity contribution is 7.10. The van der Waals surface area contributed by atoms with E-state index >= 15 is 0 Å². The fourth-order valence-corrected chi connectivity index (χ4v) is 6.00. The molecule has 7 heteroatoms. The maximum absolute atomic E-state index is 12.6. The van der Waals surface area contributed by atoms with Gasteiger partial charge >= 0.3 is 0 Å². The molecule has 6 nitrogen and oxygen atoms in total. The summed E-state index contributed by atoms with van der Waals surface area (Å²) in [5.74, 6) is 1.14. The number of ether oxygens (including phenoxy) is 1. The van der Waals surface area contributed by atoms with E-state index in [0.717, 1.165) is 58.1 Å². The maximum Gasteiger partial charge on any atom is 0.251 e. The van der Waals surface area contributed by atoms with E-state index < -0.39 is 0 Å². The monoisotopic (exact) mass is 418 g/mol. The zero-order valence-electron chi connectivity index (χ0n) is 17.6. The molecular weight excluding hydrogens is 384 g/mol. The second-order valence-corrected chi connectivity index (χ2v) is 9.48. The molecule has 1 aliphatic carbocycles. The summed E-state index contributed by atoms with van der Waals surface area (Å²) in [5, 5.41) is 5.89. The standard InChI is InChI=1S/C22H34N4O2S/c1-23-21(24-17-22(9-3-2-4-10-22)19-8-6-16-29-19)26-13-11-25(12-14-26)20(27)18-7-5-15-28-18/h6,8,16,18H,2-5,7,9-15,17H2,1H3,(H,23,24). The zero-order chi connectivity index (χ0) is 20.1. The van der Waals surface area contributed by atoms with Gasteiger partial charge in [-0.15, -0.1) is 11.3 Å². The van der Waals surface area contributed by atoms with Crippen molar-refractivity contribution < 1.29 is 9.53 Å². The number of rotatable bonds is 4. The normalized spacial score (nSPS) is 25.3. The van der Waals surface area contributed by atoms with Gasteiger partial charge in [-0.3, -0.25) is 9.79 Å². The lowest BCUT2D eigenvalue weighted by Crippen LogP contribution is -2.56. The third-order valence-electron chi connectivity index (χ3n) is 6.75. The number of hydrogen-bond acceptors (Lipinski definition) is 4. The Hall–Kier alpha value is -1.60. The van der Waals surface area contributed by atoms with Gasteiger partial charge in [-0.05, 0) is 37.1 Å². The smallest absolute Gasteiger partial charge is 0.251 e. The van der Waals surface area contributed by atoms with Crippen LogP contribution in [0.3, 0.4) is 0 Å². The average molecular weight is 419 g/mol. The van der Waals surface area contributed by atoms with E-state index in [2.05, 4.69) is 32.7 Å². The van der Waals surface area contributed by atoms with Crippen LogP contribution >= 0.6 is 11.3 Å². The molecule has 1 saturated carbocycles. The lowest BCUT2D eigenvalue weighted by molar-refractivity contribution is -0.142. The summed E-state index contributed by atoms with van der Waals surface area (Å²) in [6.45, 7) is 4.80. The van der Waals surface area contributed by atoms with E-state index in [9.17, 15) is 4.79 Å². The van der Waals surface area contributed by atoms with Gasteiger partial charge in [-0.2, -0.15) is 0 Å². The van der Waals surface area contributed by atoms with Crippen LogP contribution in [0.15, 0.2) is 22.5 Å². The van der Waals surface area contributed by atoms with Gasteiger partial charge < -0.3 is 19.9 Å². The molecule has 0 spiro atoms. The largest absolute Gasteiger partial charge is 0.368 e. The van der Waals surface area contributed by atoms with Crippen LogP contribution in [0.5, 0.6) is 0 Å². The first-order valence-electron chi connectivity index (χ1n) is 11.1. The number of thiophene rings is 1. The number of aliphatic imine (C=N–C) groups is 1. The summed E-state index contributed by atoms with van der Waals surface area (Å²) in [6.07, 6.45) is 8.12. The molecule has 3 fully saturated rings. The van der Waals surface area contributed by atoms with Crippen LogP contribution in [0.2, 0.25) is 0 Å². The van der Waals surface area contributed by atoms with Crippen LogP contribution in [-0.2, 0) is 14.9 Å². The third kappa shape index (κ3) is 4.61. The molecule has 2 saturated heterocycles. The number of carbonyl (C=O) groups is 1. The predicted molar refractivity (Wildman–Crippen MR) is 118 cm³/mol. The Kier molecular flexibility index (Phi) is 6.75. The first-order valence-corrected chi connectivity index (χ1v) is 12.0. The summed E-state index contributed by atoms with van der Waals surface area (Å²) < 4.78 is 5.58. The topological polar surface area (TPSA) is 57.2 Å². The molecular formula is C22H34N4O2S. The highest BCUT2D eigenvalue weighted by atomic mass is 32.1. The van der Waals surface area contributed by atoms with Gasteiger partial charge in [0.25, 0.3) is 5.91 Å². The van der Waals surface area contributed by atoms with E-state index in [1.54, 1.807) is 0 Å². The highest BCUT2D eigenvalue weighted by Gasteiger charge is 2.36. The van der Waals surface area contributed by atoms with Crippen LogP contribution < -0.4 is 5.32 Å². The lowest BCUT2D eigenvalue weighted by atomic mass is 9.73. The van der Waals surface area contributed by atoms with Gasteiger partial charge in [-0.25, -0.2) is 0 Å². The molecule has 1 aromatic heterocycles. The van der Waals surface area contributed by atoms with Crippen molar-refractivity contribution in [3.63, 3.8) is 0 Å². The number of nitrogens with one attached hydrogen (secondary N) is 1. The van der Waals surface area contributed by atoms with Crippen LogP contribution in [0.1, 0.15) is 49.8 Å². The Labute approximate surface area is 178 Å². The van der Waals surface area contributed by atoms with Crippen LogP contribution in [-0.4, -0.2) is 74.1 Å². The van der Waals surface area contributed by atoms with Crippen molar-refractivity contribution in [2.45, 2.75) is 56.5 Å². The minimum absolute atomic E-state index is 0.170. The van der Waals surface area contributed by atoms with Gasteiger partial charge in [0, 0.05) is 56.7 Å². The molecule has 1 N–H and O–H groups in total. The number of hydrogen-bond donors (Lipinski definition) is 1. The second-order valence-electron chi connectivity index (χ2n) is 8.53. The first-order chi connectivity index (χ1) is 14.2. The van der Waals surface area contributed by atoms with Gasteiger partial charge in [0.15, 0.2) is 5.96 Å². The SMILES string of the molecule is CN=C(NCC1(c2cccs2)CCCCC1)N1CCN(C(=O)C2CCCO2)CC1. The van der Waals surface area contributed by atoms with Crippen molar-refractivity contribution in [3.8, 4) is 0 Å². The quantitative estimate of drug-likeness (QED) is 0.603. The first kappa shape index (κ1) is 20.7. The Morgan fingerprint density at radius 1 is 1.21 bits per heavy atom. The van der Waals surface area contributed by atoms with E-state index in [-0.39, 0.29) is 17.4 Å². The summed E-state index contributed by atoms with van der Waals surface area (Å²) in [5.41, 5.74) is 0.236. The Morgan fingerprint density at radius 3 is 2.59 bits per heavy atom. The fourth-order valence-electron chi connectivity index (χ4n) is 5.01. The van der Waals surface area contributed by atoms with Crippen molar-refractivity contribution in [1.29, 1.82) is 0 Å². The Morgan fingerprint density at radius 2 is 1.97 bits per heavy atom. The van der Waals surface area contributed by atoms with E-state index in [4.69, 9.17) is 4.74 Å². The molecule has 3 heterocycles. The molecule has 1 atom stereocenters. The van der Waals surface area contributed by atoms with Crippen molar-refractivity contribution >= 4 is 23.2 Å². The van der Waals surface area contributed by atoms with Crippen LogP contribution in [0, 0.1) is 0 Å². The van der Waals surface area contributed by atoms with E-state index in [1.165, 1.54) is 37.0 Å². The van der Waals surface area contributed by atoms with Crippen molar-refractivity contribution in [2.75, 3.05) is 46.4 Å². The minimum atomic E-state index is -0.212. The van der Waals surface area contributed by atoms with Crippen molar-refractivity contribution in [1.82, 2.24) is 15.1 Å². The molecule has 0 radical (unpaired) electrons. The van der Waals surface area contributed by atoms with Crippen molar-refractivity contribution in [3.05, 3.63) is 22.4 Å². The van der Waals surface area contributed by atoms with Crippen LogP contribution in [0.25, 0.3) is 0 Å². The highest BCUT2D eigenvalue weighted by Crippen LogP contribution is 2.41. The number of guanidine groups is 1. The summed E-state index contributed by atoms with van der Waals surface area (Å²) in [7, 11) is 1.87. The second kappa shape index (κ2) is 9.47. The molecule has 4 rings (SSSR count). The number of carbonyl (C=O) groups excluding carboxylic acids is 1. The molecule has 3 aliphatic rings. The molecule has 0 bridgehead atoms. The summed E-state index contributed by atoms with van der Waals surface area (Å²) in [6, 6.07) is 4.48. The molecule has 1 amide bonds. The zero-order valence-corrected chi connectivity index (χ0v) is 18.4. The molecule has 0 aromatic carbocycles. The van der Waals surface area contributed by atoms with E-state index in [1.807, 2.05) is 23.3 Å². The molecule has 29 heavy (non-hydrogen) atoms. The maximum atomic E-state index is 12.6. The number of piperazine rings is 1. The van der Waals surface area contributed by atoms with E-state index in [0.29, 0.717) is 0 Å². The Bertz CT molecular complexity index is 686. The third-order valence-corrected chi connectivity index (χ3v) is 7.86.